The van der Waals surface area contributed by atoms with Crippen LogP contribution in [0.25, 0.3) is 11.4 Å². The molecule has 4 rings (SSSR count). The van der Waals surface area contributed by atoms with E-state index in [0.29, 0.717) is 30.4 Å². The van der Waals surface area contributed by atoms with E-state index in [2.05, 4.69) is 20.6 Å². The SMILES string of the molecule is COc1ccc2cc1OCCN(C(=O)Cc1cccnc1)CC(=O)N[C@H](C(C)C)C(=O)NCCn1ccnc1-2. The standard InChI is InChI=1S/C28H34N6O5/c1-19(2)26-28(37)31-10-12-33-11-9-30-27(33)21-6-7-22(38-3)23(16-21)39-14-13-34(18-24(35)32-26)25(36)15-20-5-4-8-29-17-20/h4-9,11,16-17,19,26H,10,12-15,18H2,1-3H3,(H,31,37)(H,32,35)/t26-/m1/s1. The number of carbonyl (C=O) groups excluding carboxylic acids is 3. The first-order valence-corrected chi connectivity index (χ1v) is 12.9. The highest BCUT2D eigenvalue weighted by atomic mass is 16.5. The number of hydrogen-bond donors (Lipinski definition) is 2. The largest absolute Gasteiger partial charge is 0.493 e. The molecule has 1 atom stereocenters. The summed E-state index contributed by atoms with van der Waals surface area (Å²) in [7, 11) is 1.56. The molecule has 3 amide bonds. The topological polar surface area (TPSA) is 128 Å². The Labute approximate surface area is 227 Å². The quantitative estimate of drug-likeness (QED) is 0.521. The number of pyridine rings is 1. The first kappa shape index (κ1) is 27.6. The number of carbonyl (C=O) groups is 3. The Hall–Kier alpha value is -4.41. The lowest BCUT2D eigenvalue weighted by Crippen LogP contribution is -2.53. The molecule has 39 heavy (non-hydrogen) atoms. The second-order valence-corrected chi connectivity index (χ2v) is 9.59. The average molecular weight is 535 g/mol. The van der Waals surface area contributed by atoms with Gasteiger partial charge in [-0.05, 0) is 35.7 Å². The number of methoxy groups -OCH3 is 1. The molecule has 2 bridgehead atoms. The Morgan fingerprint density at radius 1 is 1.21 bits per heavy atom. The van der Waals surface area contributed by atoms with Crippen LogP contribution in [-0.4, -0.2) is 76.5 Å². The van der Waals surface area contributed by atoms with E-state index in [0.717, 1.165) is 11.1 Å². The van der Waals surface area contributed by atoms with Gasteiger partial charge in [-0.15, -0.1) is 0 Å². The number of fused-ring (bicyclic) bond motifs is 4. The van der Waals surface area contributed by atoms with Crippen LogP contribution in [0.2, 0.25) is 0 Å². The number of imidazole rings is 1. The van der Waals surface area contributed by atoms with Gasteiger partial charge in [0.2, 0.25) is 17.7 Å². The molecule has 11 heteroatoms. The van der Waals surface area contributed by atoms with Crippen LogP contribution in [-0.2, 0) is 27.3 Å². The maximum Gasteiger partial charge on any atom is 0.242 e. The van der Waals surface area contributed by atoms with Crippen LogP contribution in [0, 0.1) is 5.92 Å². The summed E-state index contributed by atoms with van der Waals surface area (Å²) in [5, 5.41) is 5.73. The molecule has 3 aromatic rings. The van der Waals surface area contributed by atoms with Gasteiger partial charge in [0.1, 0.15) is 18.5 Å². The van der Waals surface area contributed by atoms with Crippen molar-refractivity contribution in [1.29, 1.82) is 0 Å². The van der Waals surface area contributed by atoms with Crippen LogP contribution in [0.1, 0.15) is 19.4 Å². The maximum absolute atomic E-state index is 13.2. The average Bonchev–Trinajstić information content (AvgIpc) is 3.39. The summed E-state index contributed by atoms with van der Waals surface area (Å²) in [5.74, 6) is 0.614. The second kappa shape index (κ2) is 12.9. The lowest BCUT2D eigenvalue weighted by molar-refractivity contribution is -0.137. The monoisotopic (exact) mass is 534 g/mol. The fraction of sp³-hybridized carbons (Fsp3) is 0.393. The molecule has 0 unspecified atom stereocenters. The molecule has 1 aromatic carbocycles. The molecule has 11 nitrogen and oxygen atoms in total. The normalized spacial score (nSPS) is 16.9. The highest BCUT2D eigenvalue weighted by Crippen LogP contribution is 2.32. The van der Waals surface area contributed by atoms with Gasteiger partial charge in [-0.1, -0.05) is 19.9 Å². The third kappa shape index (κ3) is 7.13. The Morgan fingerprint density at radius 2 is 2.05 bits per heavy atom. The number of aromatic nitrogens is 3. The van der Waals surface area contributed by atoms with Gasteiger partial charge in [-0.3, -0.25) is 19.4 Å². The van der Waals surface area contributed by atoms with Crippen molar-refractivity contribution in [3.8, 4) is 22.9 Å². The molecule has 1 aliphatic heterocycles. The number of amides is 3. The van der Waals surface area contributed by atoms with Crippen LogP contribution < -0.4 is 20.1 Å². The number of ether oxygens (including phenoxy) is 2. The minimum absolute atomic E-state index is 0.0800. The molecule has 0 fully saturated rings. The lowest BCUT2D eigenvalue weighted by atomic mass is 10.0. The smallest absolute Gasteiger partial charge is 0.242 e. The fourth-order valence-corrected chi connectivity index (χ4v) is 4.36. The molecular weight excluding hydrogens is 500 g/mol. The molecule has 3 heterocycles. The van der Waals surface area contributed by atoms with Gasteiger partial charge in [0.05, 0.1) is 26.6 Å². The third-order valence-electron chi connectivity index (χ3n) is 6.44. The van der Waals surface area contributed by atoms with Gasteiger partial charge < -0.3 is 29.6 Å². The van der Waals surface area contributed by atoms with Gasteiger partial charge in [-0.2, -0.15) is 0 Å². The van der Waals surface area contributed by atoms with Crippen LogP contribution >= 0.6 is 0 Å². The molecule has 0 aliphatic carbocycles. The van der Waals surface area contributed by atoms with Gasteiger partial charge in [0.15, 0.2) is 11.5 Å². The van der Waals surface area contributed by atoms with Crippen molar-refractivity contribution in [3.63, 3.8) is 0 Å². The predicted octanol–water partition coefficient (Wildman–Crippen LogP) is 1.67. The molecule has 2 aromatic heterocycles. The molecule has 0 saturated carbocycles. The Kier molecular flexibility index (Phi) is 9.14. The van der Waals surface area contributed by atoms with E-state index in [1.165, 1.54) is 4.90 Å². The minimum Gasteiger partial charge on any atom is -0.493 e. The zero-order chi connectivity index (χ0) is 27.8. The first-order chi connectivity index (χ1) is 18.9. The maximum atomic E-state index is 13.2. The van der Waals surface area contributed by atoms with E-state index in [4.69, 9.17) is 9.47 Å². The summed E-state index contributed by atoms with van der Waals surface area (Å²) in [5.41, 5.74) is 1.55. The van der Waals surface area contributed by atoms with E-state index in [1.807, 2.05) is 36.7 Å². The van der Waals surface area contributed by atoms with Crippen LogP contribution in [0.15, 0.2) is 55.1 Å². The molecule has 0 saturated heterocycles. The van der Waals surface area contributed by atoms with Crippen molar-refractivity contribution in [2.75, 3.05) is 33.4 Å². The van der Waals surface area contributed by atoms with Crippen molar-refractivity contribution in [1.82, 2.24) is 30.1 Å². The van der Waals surface area contributed by atoms with E-state index in [1.54, 1.807) is 43.9 Å². The number of nitrogens with one attached hydrogen (secondary N) is 2. The summed E-state index contributed by atoms with van der Waals surface area (Å²) in [6.45, 7) is 4.60. The molecule has 0 spiro atoms. The van der Waals surface area contributed by atoms with E-state index in [-0.39, 0.29) is 43.8 Å². The summed E-state index contributed by atoms with van der Waals surface area (Å²) in [4.78, 5) is 49.3. The van der Waals surface area contributed by atoms with Crippen molar-refractivity contribution < 1.29 is 23.9 Å². The van der Waals surface area contributed by atoms with Gasteiger partial charge in [-0.25, -0.2) is 4.98 Å². The second-order valence-electron chi connectivity index (χ2n) is 9.59. The summed E-state index contributed by atoms with van der Waals surface area (Å²) in [6, 6.07) is 8.33. The molecular formula is C28H34N6O5. The van der Waals surface area contributed by atoms with Crippen LogP contribution in [0.5, 0.6) is 11.5 Å². The molecule has 0 radical (unpaired) electrons. The van der Waals surface area contributed by atoms with Crippen molar-refractivity contribution >= 4 is 17.7 Å². The first-order valence-electron chi connectivity index (χ1n) is 12.9. The van der Waals surface area contributed by atoms with Crippen molar-refractivity contribution in [2.45, 2.75) is 32.9 Å². The zero-order valence-corrected chi connectivity index (χ0v) is 22.4. The highest BCUT2D eigenvalue weighted by molar-refractivity contribution is 5.90. The lowest BCUT2D eigenvalue weighted by Gasteiger charge is -2.26. The van der Waals surface area contributed by atoms with Crippen LogP contribution in [0.3, 0.4) is 0 Å². The highest BCUT2D eigenvalue weighted by Gasteiger charge is 2.26. The number of nitrogens with zero attached hydrogens (tertiary/aromatic N) is 4. The van der Waals surface area contributed by atoms with Gasteiger partial charge in [0.25, 0.3) is 0 Å². The zero-order valence-electron chi connectivity index (χ0n) is 22.4. The number of rotatable bonds is 4. The van der Waals surface area contributed by atoms with Gasteiger partial charge in [0, 0.05) is 43.4 Å². The third-order valence-corrected chi connectivity index (χ3v) is 6.44. The molecule has 206 valence electrons. The van der Waals surface area contributed by atoms with Gasteiger partial charge >= 0.3 is 0 Å². The fourth-order valence-electron chi connectivity index (χ4n) is 4.36. The van der Waals surface area contributed by atoms with Crippen LogP contribution in [0.4, 0.5) is 0 Å². The minimum atomic E-state index is -0.749. The number of hydrogen-bond acceptors (Lipinski definition) is 7. The Bertz CT molecular complexity index is 1290. The Balaban J connectivity index is 1.63. The predicted molar refractivity (Wildman–Crippen MR) is 144 cm³/mol. The van der Waals surface area contributed by atoms with Crippen molar-refractivity contribution in [3.05, 3.63) is 60.7 Å². The molecule has 2 N–H and O–H groups in total. The summed E-state index contributed by atoms with van der Waals surface area (Å²) < 4.78 is 13.5. The van der Waals surface area contributed by atoms with E-state index < -0.39 is 11.9 Å². The van der Waals surface area contributed by atoms with Crippen molar-refractivity contribution in [2.24, 2.45) is 5.92 Å². The Morgan fingerprint density at radius 3 is 2.79 bits per heavy atom. The summed E-state index contributed by atoms with van der Waals surface area (Å²) >= 11 is 0. The summed E-state index contributed by atoms with van der Waals surface area (Å²) in [6.07, 6.45) is 6.87. The number of benzene rings is 1. The van der Waals surface area contributed by atoms with E-state index in [9.17, 15) is 14.4 Å². The van der Waals surface area contributed by atoms with E-state index >= 15 is 0 Å². The molecule has 1 aliphatic rings.